The zero-order valence-corrected chi connectivity index (χ0v) is 21.0. The number of allylic oxidation sites excluding steroid dienone is 2. The van der Waals surface area contributed by atoms with Gasteiger partial charge in [0.25, 0.3) is 0 Å². The van der Waals surface area contributed by atoms with Gasteiger partial charge in [0, 0.05) is 24.9 Å². The van der Waals surface area contributed by atoms with Crippen molar-refractivity contribution in [2.45, 2.75) is 51.7 Å². The monoisotopic (exact) mass is 504 g/mol. The number of carbonyl (C=O) groups is 1. The number of carboxylic acids is 1. The van der Waals surface area contributed by atoms with Crippen molar-refractivity contribution in [3.63, 3.8) is 0 Å². The summed E-state index contributed by atoms with van der Waals surface area (Å²) >= 11 is 0. The first-order chi connectivity index (χ1) is 16.6. The number of ether oxygens (including phenoxy) is 2. The largest absolute Gasteiger partial charge is 0.482 e. The lowest BCUT2D eigenvalue weighted by Crippen LogP contribution is -2.39. The van der Waals surface area contributed by atoms with Crippen molar-refractivity contribution in [1.29, 1.82) is 0 Å². The minimum absolute atomic E-state index is 0. The Labute approximate surface area is 211 Å². The fourth-order valence-corrected chi connectivity index (χ4v) is 3.57. The van der Waals surface area contributed by atoms with Gasteiger partial charge in [-0.25, -0.2) is 4.79 Å². The molecule has 198 valence electrons. The van der Waals surface area contributed by atoms with Gasteiger partial charge < -0.3 is 24.8 Å². The third-order valence-corrected chi connectivity index (χ3v) is 5.13. The zero-order valence-electron chi connectivity index (χ0n) is 21.0. The number of aliphatic hydroxyl groups is 2. The predicted molar refractivity (Wildman–Crippen MR) is 140 cm³/mol. The Hall–Kier alpha value is -3.11. The van der Waals surface area contributed by atoms with E-state index in [1.54, 1.807) is 30.5 Å². The fourth-order valence-electron chi connectivity index (χ4n) is 3.57. The van der Waals surface area contributed by atoms with Gasteiger partial charge in [-0.3, -0.25) is 15.0 Å². The van der Waals surface area contributed by atoms with Crippen LogP contribution in [0, 0.1) is 5.92 Å². The lowest BCUT2D eigenvalue weighted by molar-refractivity contribution is -0.180. The fraction of sp³-hybridized carbons (Fsp3) is 0.407. The molecule has 0 bridgehead atoms. The van der Waals surface area contributed by atoms with E-state index in [0.29, 0.717) is 25.1 Å². The van der Waals surface area contributed by atoms with Gasteiger partial charge in [-0.1, -0.05) is 36.9 Å². The van der Waals surface area contributed by atoms with Gasteiger partial charge >= 0.3 is 5.97 Å². The molecule has 1 aromatic rings. The summed E-state index contributed by atoms with van der Waals surface area (Å²) in [5.74, 6) is -0.742. The number of rotatable bonds is 13. The van der Waals surface area contributed by atoms with E-state index in [9.17, 15) is 15.0 Å². The maximum atomic E-state index is 10.9. The molecule has 0 amide bonds. The maximum Gasteiger partial charge on any atom is 0.341 e. The van der Waals surface area contributed by atoms with Gasteiger partial charge in [-0.05, 0) is 68.5 Å². The van der Waals surface area contributed by atoms with Gasteiger partial charge in [0.2, 0.25) is 6.41 Å². The molecule has 1 aromatic carbocycles. The van der Waals surface area contributed by atoms with Crippen LogP contribution in [0.4, 0.5) is 4.70 Å². The number of carboxylic acid groups (broad SMARTS) is 1. The first kappa shape index (κ1) is 30.9. The zero-order chi connectivity index (χ0) is 25.8. The molecule has 0 spiro atoms. The molecule has 0 radical (unpaired) electrons. The van der Waals surface area contributed by atoms with Crippen LogP contribution in [0.5, 0.6) is 5.75 Å². The van der Waals surface area contributed by atoms with E-state index in [2.05, 4.69) is 16.9 Å². The predicted octanol–water partition coefficient (Wildman–Crippen LogP) is 3.83. The Morgan fingerprint density at radius 2 is 2.08 bits per heavy atom. The summed E-state index contributed by atoms with van der Waals surface area (Å²) in [6, 6.07) is 7.20. The Balaban J connectivity index is 0.00000648. The summed E-state index contributed by atoms with van der Waals surface area (Å²) in [6.07, 6.45) is 9.85. The number of aliphatic hydroxyl groups excluding tert-OH is 2. The van der Waals surface area contributed by atoms with Gasteiger partial charge in [0.15, 0.2) is 6.61 Å². The average Bonchev–Trinajstić information content (AvgIpc) is 2.80. The van der Waals surface area contributed by atoms with Crippen molar-refractivity contribution in [2.24, 2.45) is 10.9 Å². The van der Waals surface area contributed by atoms with Crippen LogP contribution in [0.25, 0.3) is 5.57 Å². The van der Waals surface area contributed by atoms with E-state index in [4.69, 9.17) is 14.6 Å². The highest BCUT2D eigenvalue weighted by molar-refractivity contribution is 5.74. The minimum Gasteiger partial charge on any atom is -0.482 e. The van der Waals surface area contributed by atoms with E-state index < -0.39 is 30.7 Å². The Morgan fingerprint density at radius 1 is 1.33 bits per heavy atom. The highest BCUT2D eigenvalue weighted by Crippen LogP contribution is 2.35. The molecule has 3 atom stereocenters. The van der Waals surface area contributed by atoms with Crippen LogP contribution in [0.15, 0.2) is 71.9 Å². The lowest BCUT2D eigenvalue weighted by atomic mass is 9.82. The number of halogens is 1. The second-order valence-electron chi connectivity index (χ2n) is 9.12. The van der Waals surface area contributed by atoms with Crippen molar-refractivity contribution in [3.05, 3.63) is 72.5 Å². The summed E-state index contributed by atoms with van der Waals surface area (Å²) < 4.78 is 10.9. The number of benzene rings is 1. The van der Waals surface area contributed by atoms with Crippen LogP contribution in [0.3, 0.4) is 0 Å². The molecule has 36 heavy (non-hydrogen) atoms. The smallest absolute Gasteiger partial charge is 0.341 e. The van der Waals surface area contributed by atoms with E-state index in [0.717, 1.165) is 16.7 Å². The van der Waals surface area contributed by atoms with Crippen molar-refractivity contribution in [1.82, 2.24) is 5.32 Å². The van der Waals surface area contributed by atoms with Crippen molar-refractivity contribution < 1.29 is 34.3 Å². The Morgan fingerprint density at radius 3 is 2.75 bits per heavy atom. The number of aliphatic carboxylic acids is 1. The van der Waals surface area contributed by atoms with E-state index in [-0.39, 0.29) is 10.6 Å². The third-order valence-electron chi connectivity index (χ3n) is 5.13. The Kier molecular flexibility index (Phi) is 13.0. The van der Waals surface area contributed by atoms with E-state index in [1.807, 2.05) is 45.1 Å². The quantitative estimate of drug-likeness (QED) is 0.238. The average molecular weight is 505 g/mol. The molecule has 0 saturated heterocycles. The normalized spacial score (nSPS) is 17.8. The van der Waals surface area contributed by atoms with Gasteiger partial charge in [0.1, 0.15) is 5.75 Å². The van der Waals surface area contributed by atoms with Crippen LogP contribution >= 0.6 is 0 Å². The molecule has 0 saturated carbocycles. The summed E-state index contributed by atoms with van der Waals surface area (Å²) in [5.41, 5.74) is 2.23. The maximum absolute atomic E-state index is 10.9. The van der Waals surface area contributed by atoms with E-state index in [1.165, 1.54) is 6.20 Å². The van der Waals surface area contributed by atoms with Crippen LogP contribution in [0.1, 0.15) is 39.2 Å². The molecule has 1 aliphatic rings. The second-order valence-corrected chi connectivity index (χ2v) is 9.12. The topological polar surface area (TPSA) is 121 Å². The summed E-state index contributed by atoms with van der Waals surface area (Å²) in [4.78, 5) is 14.8. The van der Waals surface area contributed by atoms with Crippen molar-refractivity contribution >= 4 is 17.8 Å². The number of aliphatic imine (C=N–C) groups is 1. The second kappa shape index (κ2) is 15.1. The molecular weight excluding hydrogens is 467 g/mol. The van der Waals surface area contributed by atoms with Gasteiger partial charge in [0.05, 0.1) is 11.7 Å². The Bertz CT molecular complexity index is 981. The first-order valence-electron chi connectivity index (χ1n) is 11.5. The standard InChI is InChI=1S/C27H36N2O6.FH/c1-5-28-14-7-6-11-24(30)20-12-13-21(17-29-26(33)35-27(2,3)4)23(16-20)19-9-8-10-22(15-19)34-18-25(31)32;/h5-10,12-15,20,24,26,29-30,33H,1,11,16-18H2,2-4H3,(H,31,32);1H/b7-6+,28-14?;. The minimum atomic E-state index is -1.15. The third kappa shape index (κ3) is 11.1. The summed E-state index contributed by atoms with van der Waals surface area (Å²) in [5, 5.41) is 32.9. The lowest BCUT2D eigenvalue weighted by Gasteiger charge is -2.28. The van der Waals surface area contributed by atoms with E-state index >= 15 is 0 Å². The molecule has 3 unspecified atom stereocenters. The van der Waals surface area contributed by atoms with Crippen LogP contribution in [0.2, 0.25) is 0 Å². The molecule has 0 aromatic heterocycles. The SMILES string of the molecule is C=CN=C/C=C/CC(O)C1C=CC(CNC(O)OC(C)(C)C)=C(c2cccc(OCC(=O)O)c2)C1.F. The highest BCUT2D eigenvalue weighted by Gasteiger charge is 2.24. The molecule has 0 fully saturated rings. The molecule has 0 heterocycles. The molecule has 4 N–H and O–H groups in total. The van der Waals surface area contributed by atoms with Crippen LogP contribution in [-0.2, 0) is 9.53 Å². The number of nitrogens with one attached hydrogen (secondary N) is 1. The van der Waals surface area contributed by atoms with Crippen LogP contribution < -0.4 is 10.1 Å². The highest BCUT2D eigenvalue weighted by atomic mass is 19.0. The number of nitrogens with zero attached hydrogens (tertiary/aromatic N) is 1. The van der Waals surface area contributed by atoms with Crippen LogP contribution in [-0.4, -0.2) is 58.8 Å². The summed E-state index contributed by atoms with van der Waals surface area (Å²) in [6.45, 7) is 8.99. The number of hydrogen-bond acceptors (Lipinski definition) is 7. The molecule has 8 nitrogen and oxygen atoms in total. The molecule has 9 heteroatoms. The molecule has 2 rings (SSSR count). The summed E-state index contributed by atoms with van der Waals surface area (Å²) in [7, 11) is 0. The van der Waals surface area contributed by atoms with Gasteiger partial charge in [-0.2, -0.15) is 0 Å². The number of hydrogen-bond donors (Lipinski definition) is 4. The molecule has 0 aliphatic heterocycles. The van der Waals surface area contributed by atoms with Gasteiger partial charge in [-0.15, -0.1) is 0 Å². The van der Waals surface area contributed by atoms with Crippen molar-refractivity contribution in [3.8, 4) is 5.75 Å². The molecular formula is C27H37FN2O6. The first-order valence-corrected chi connectivity index (χ1v) is 11.5. The molecule has 1 aliphatic carbocycles. The van der Waals surface area contributed by atoms with Crippen molar-refractivity contribution in [2.75, 3.05) is 13.2 Å².